The van der Waals surface area contributed by atoms with Gasteiger partial charge in [0.05, 0.1) is 27.4 Å². The van der Waals surface area contributed by atoms with E-state index in [9.17, 15) is 14.4 Å². The molecule has 1 heterocycles. The largest absolute Gasteiger partial charge is 0.493 e. The summed E-state index contributed by atoms with van der Waals surface area (Å²) in [6.07, 6.45) is 2.24. The number of hydrogen-bond donors (Lipinski definition) is 1. The van der Waals surface area contributed by atoms with Crippen LogP contribution in [0.15, 0.2) is 66.2 Å². The molecule has 1 fully saturated rings. The molecule has 208 valence electrons. The second kappa shape index (κ2) is 13.0. The van der Waals surface area contributed by atoms with Gasteiger partial charge in [-0.05, 0) is 54.0 Å². The van der Waals surface area contributed by atoms with Gasteiger partial charge in [0.25, 0.3) is 11.8 Å². The van der Waals surface area contributed by atoms with E-state index in [1.54, 1.807) is 42.5 Å². The molecular weight excluding hydrogens is 536 g/mol. The molecule has 0 aliphatic carbocycles. The van der Waals surface area contributed by atoms with E-state index in [1.165, 1.54) is 20.3 Å². The van der Waals surface area contributed by atoms with Crippen LogP contribution in [0.25, 0.3) is 6.08 Å². The van der Waals surface area contributed by atoms with E-state index in [0.717, 1.165) is 16.9 Å². The number of benzene rings is 3. The third kappa shape index (κ3) is 6.55. The van der Waals surface area contributed by atoms with Gasteiger partial charge in [-0.1, -0.05) is 48.9 Å². The zero-order valence-electron chi connectivity index (χ0n) is 22.4. The summed E-state index contributed by atoms with van der Waals surface area (Å²) < 4.78 is 22.4. The summed E-state index contributed by atoms with van der Waals surface area (Å²) in [6, 6.07) is 16.7. The standard InChI is InChI=1S/C30H29ClN2O7/c1-4-13-39-24-12-10-20(16-27(24)38-3)17-33-29(35)22(28(34)32-30(33)36)14-19-9-11-25(26(15-19)37-2)40-18-21-7-5-6-8-23(21)31/h5-12,14-16H,4,13,17-18H2,1-3H3,(H,32,34,36)/b22-14+. The lowest BCUT2D eigenvalue weighted by Crippen LogP contribution is -2.53. The van der Waals surface area contributed by atoms with Crippen LogP contribution in [0.5, 0.6) is 23.0 Å². The van der Waals surface area contributed by atoms with Crippen LogP contribution >= 0.6 is 11.6 Å². The maximum Gasteiger partial charge on any atom is 0.331 e. The SMILES string of the molecule is CCCOc1ccc(CN2C(=O)NC(=O)/C(=C\c3ccc(OCc4ccccc4Cl)c(OC)c3)C2=O)cc1OC. The van der Waals surface area contributed by atoms with Crippen molar-refractivity contribution in [3.05, 3.63) is 87.9 Å². The van der Waals surface area contributed by atoms with Gasteiger partial charge in [0.15, 0.2) is 23.0 Å². The number of hydrogen-bond acceptors (Lipinski definition) is 7. The van der Waals surface area contributed by atoms with Crippen LogP contribution in [0.2, 0.25) is 5.02 Å². The average Bonchev–Trinajstić information content (AvgIpc) is 2.96. The molecule has 10 heteroatoms. The fraction of sp³-hybridized carbons (Fsp3) is 0.233. The number of imide groups is 2. The number of nitrogens with zero attached hydrogens (tertiary/aromatic N) is 1. The molecule has 1 saturated heterocycles. The number of rotatable bonds is 11. The van der Waals surface area contributed by atoms with Crippen molar-refractivity contribution in [2.75, 3.05) is 20.8 Å². The minimum Gasteiger partial charge on any atom is -0.493 e. The van der Waals surface area contributed by atoms with Crippen LogP contribution in [-0.4, -0.2) is 43.6 Å². The molecule has 0 radical (unpaired) electrons. The molecule has 0 saturated carbocycles. The molecule has 3 aromatic rings. The van der Waals surface area contributed by atoms with Crippen LogP contribution in [0.4, 0.5) is 4.79 Å². The summed E-state index contributed by atoms with van der Waals surface area (Å²) in [7, 11) is 3.00. The van der Waals surface area contributed by atoms with Gasteiger partial charge in [0, 0.05) is 10.6 Å². The van der Waals surface area contributed by atoms with Crippen molar-refractivity contribution in [3.8, 4) is 23.0 Å². The van der Waals surface area contributed by atoms with Gasteiger partial charge < -0.3 is 18.9 Å². The Bertz CT molecular complexity index is 1450. The molecule has 4 amide bonds. The Hall–Kier alpha value is -4.50. The second-order valence-corrected chi connectivity index (χ2v) is 9.24. The molecule has 40 heavy (non-hydrogen) atoms. The van der Waals surface area contributed by atoms with E-state index in [4.69, 9.17) is 30.5 Å². The number of barbiturate groups is 1. The second-order valence-electron chi connectivity index (χ2n) is 8.83. The molecule has 1 aliphatic rings. The lowest BCUT2D eigenvalue weighted by atomic mass is 10.1. The predicted octanol–water partition coefficient (Wildman–Crippen LogP) is 5.39. The quantitative estimate of drug-likeness (QED) is 0.246. The Labute approximate surface area is 237 Å². The van der Waals surface area contributed by atoms with Gasteiger partial charge in [-0.3, -0.25) is 19.8 Å². The van der Waals surface area contributed by atoms with Gasteiger partial charge in [-0.25, -0.2) is 4.79 Å². The minimum absolute atomic E-state index is 0.0716. The first-order chi connectivity index (χ1) is 19.3. The number of carbonyl (C=O) groups excluding carboxylic acids is 3. The van der Waals surface area contributed by atoms with Gasteiger partial charge >= 0.3 is 6.03 Å². The molecule has 9 nitrogen and oxygen atoms in total. The maximum atomic E-state index is 13.3. The minimum atomic E-state index is -0.807. The number of amides is 4. The molecular formula is C30H29ClN2O7. The first kappa shape index (κ1) is 28.5. The number of urea groups is 1. The molecule has 1 aliphatic heterocycles. The Balaban J connectivity index is 1.53. The Kier molecular flexibility index (Phi) is 9.29. The van der Waals surface area contributed by atoms with Crippen molar-refractivity contribution in [3.63, 3.8) is 0 Å². The topological polar surface area (TPSA) is 103 Å². The van der Waals surface area contributed by atoms with E-state index >= 15 is 0 Å². The molecule has 0 spiro atoms. The van der Waals surface area contributed by atoms with Crippen molar-refractivity contribution in [2.45, 2.75) is 26.5 Å². The zero-order valence-corrected chi connectivity index (χ0v) is 23.1. The van der Waals surface area contributed by atoms with Gasteiger partial charge in [-0.15, -0.1) is 0 Å². The predicted molar refractivity (Wildman–Crippen MR) is 150 cm³/mol. The zero-order chi connectivity index (χ0) is 28.6. The number of ether oxygens (including phenoxy) is 4. The summed E-state index contributed by atoms with van der Waals surface area (Å²) in [5.74, 6) is 0.386. The van der Waals surface area contributed by atoms with Crippen LogP contribution in [0, 0.1) is 0 Å². The fourth-order valence-corrected chi connectivity index (χ4v) is 4.18. The molecule has 1 N–H and O–H groups in total. The number of carbonyl (C=O) groups is 3. The monoisotopic (exact) mass is 564 g/mol. The van der Waals surface area contributed by atoms with Crippen molar-refractivity contribution < 1.29 is 33.3 Å². The fourth-order valence-electron chi connectivity index (χ4n) is 3.99. The summed E-state index contributed by atoms with van der Waals surface area (Å²) in [6.45, 7) is 2.68. The average molecular weight is 565 g/mol. The Morgan fingerprint density at radius 3 is 2.30 bits per heavy atom. The number of halogens is 1. The highest BCUT2D eigenvalue weighted by Crippen LogP contribution is 2.32. The Morgan fingerprint density at radius 1 is 0.875 bits per heavy atom. The highest BCUT2D eigenvalue weighted by molar-refractivity contribution is 6.31. The van der Waals surface area contributed by atoms with Crippen LogP contribution in [0.3, 0.4) is 0 Å². The van der Waals surface area contributed by atoms with Crippen LogP contribution in [0.1, 0.15) is 30.0 Å². The van der Waals surface area contributed by atoms with Crippen molar-refractivity contribution >= 4 is 35.5 Å². The van der Waals surface area contributed by atoms with E-state index in [1.807, 2.05) is 25.1 Å². The lowest BCUT2D eigenvalue weighted by molar-refractivity contribution is -0.130. The highest BCUT2D eigenvalue weighted by atomic mass is 35.5. The summed E-state index contributed by atoms with van der Waals surface area (Å²) in [4.78, 5) is 39.5. The van der Waals surface area contributed by atoms with Crippen molar-refractivity contribution in [2.24, 2.45) is 0 Å². The summed E-state index contributed by atoms with van der Waals surface area (Å²) >= 11 is 6.21. The molecule has 0 atom stereocenters. The van der Waals surface area contributed by atoms with E-state index in [2.05, 4.69) is 5.32 Å². The first-order valence-corrected chi connectivity index (χ1v) is 12.9. The normalized spacial score (nSPS) is 14.2. The number of methoxy groups -OCH3 is 2. The lowest BCUT2D eigenvalue weighted by Gasteiger charge is -2.26. The van der Waals surface area contributed by atoms with Gasteiger partial charge in [0.1, 0.15) is 12.2 Å². The Morgan fingerprint density at radius 2 is 1.57 bits per heavy atom. The van der Waals surface area contributed by atoms with E-state index < -0.39 is 17.8 Å². The summed E-state index contributed by atoms with van der Waals surface area (Å²) in [5.41, 5.74) is 1.75. The van der Waals surface area contributed by atoms with E-state index in [0.29, 0.717) is 45.8 Å². The van der Waals surface area contributed by atoms with Crippen LogP contribution < -0.4 is 24.3 Å². The van der Waals surface area contributed by atoms with E-state index in [-0.39, 0.29) is 18.7 Å². The smallest absolute Gasteiger partial charge is 0.331 e. The summed E-state index contributed by atoms with van der Waals surface area (Å²) in [5, 5.41) is 2.82. The number of nitrogens with one attached hydrogen (secondary N) is 1. The van der Waals surface area contributed by atoms with Crippen molar-refractivity contribution in [1.82, 2.24) is 10.2 Å². The van der Waals surface area contributed by atoms with Crippen molar-refractivity contribution in [1.29, 1.82) is 0 Å². The van der Waals surface area contributed by atoms with Crippen LogP contribution in [-0.2, 0) is 22.7 Å². The third-order valence-electron chi connectivity index (χ3n) is 6.06. The molecule has 0 unspecified atom stereocenters. The molecule has 0 aromatic heterocycles. The first-order valence-electron chi connectivity index (χ1n) is 12.6. The maximum absolute atomic E-state index is 13.3. The van der Waals surface area contributed by atoms with Gasteiger partial charge in [-0.2, -0.15) is 0 Å². The molecule has 0 bridgehead atoms. The molecule has 4 rings (SSSR count). The molecule has 3 aromatic carbocycles. The van der Waals surface area contributed by atoms with Gasteiger partial charge in [0.2, 0.25) is 0 Å². The third-order valence-corrected chi connectivity index (χ3v) is 6.42. The highest BCUT2D eigenvalue weighted by Gasteiger charge is 2.36.